The highest BCUT2D eigenvalue weighted by Crippen LogP contribution is 2.18. The number of oxazole rings is 1. The third-order valence-corrected chi connectivity index (χ3v) is 2.87. The number of carbonyl (C=O) groups excluding carboxylic acids is 1. The molecule has 0 saturated heterocycles. The lowest BCUT2D eigenvalue weighted by atomic mass is 10.0. The zero-order valence-corrected chi connectivity index (χ0v) is 10.1. The molecule has 0 saturated carbocycles. The van der Waals surface area contributed by atoms with Crippen LogP contribution in [0.15, 0.2) is 45.6 Å². The molecule has 0 amide bonds. The normalized spacial score (nSPS) is 10.8. The van der Waals surface area contributed by atoms with Gasteiger partial charge in [-0.15, -0.1) is 0 Å². The van der Waals surface area contributed by atoms with Crippen LogP contribution in [0.4, 0.5) is 10.1 Å². The van der Waals surface area contributed by atoms with E-state index >= 15 is 0 Å². The Morgan fingerprint density at radius 2 is 1.95 bits per heavy atom. The number of nitrogens with one attached hydrogen (secondary N) is 1. The minimum Gasteiger partial charge on any atom is -0.408 e. The number of aromatic amines is 1. The molecule has 6 heteroatoms. The highest BCUT2D eigenvalue weighted by molar-refractivity contribution is 6.10. The van der Waals surface area contributed by atoms with E-state index in [4.69, 9.17) is 10.2 Å². The Balaban J connectivity index is 2.09. The van der Waals surface area contributed by atoms with Crippen molar-refractivity contribution in [1.82, 2.24) is 4.98 Å². The molecule has 0 fully saturated rings. The second-order valence-corrected chi connectivity index (χ2v) is 4.33. The van der Waals surface area contributed by atoms with E-state index in [1.54, 1.807) is 6.07 Å². The van der Waals surface area contributed by atoms with Crippen molar-refractivity contribution in [2.75, 3.05) is 5.73 Å². The van der Waals surface area contributed by atoms with Crippen LogP contribution >= 0.6 is 0 Å². The second-order valence-electron chi connectivity index (χ2n) is 4.33. The molecule has 0 bridgehead atoms. The Morgan fingerprint density at radius 3 is 2.70 bits per heavy atom. The molecule has 3 rings (SSSR count). The highest BCUT2D eigenvalue weighted by Gasteiger charge is 2.13. The number of H-pyrrole nitrogens is 1. The highest BCUT2D eigenvalue weighted by atomic mass is 19.1. The van der Waals surface area contributed by atoms with Gasteiger partial charge in [-0.1, -0.05) is 0 Å². The maximum atomic E-state index is 13.3. The standard InChI is InChI=1S/C14H9FN2O3/c15-9-3-8(4-10(16)6-9)13(18)7-1-2-11-12(5-7)20-14(19)17-11/h1-6H,16H2,(H,17,19). The largest absolute Gasteiger partial charge is 0.417 e. The topological polar surface area (TPSA) is 89.1 Å². The average Bonchev–Trinajstić information content (AvgIpc) is 2.75. The van der Waals surface area contributed by atoms with Crippen molar-refractivity contribution in [2.45, 2.75) is 0 Å². The number of aromatic nitrogens is 1. The molecule has 0 radical (unpaired) electrons. The number of ketones is 1. The maximum Gasteiger partial charge on any atom is 0.417 e. The van der Waals surface area contributed by atoms with Crippen molar-refractivity contribution in [2.24, 2.45) is 0 Å². The number of nitrogens with two attached hydrogens (primary N) is 1. The van der Waals surface area contributed by atoms with Crippen LogP contribution in [0, 0.1) is 5.82 Å². The summed E-state index contributed by atoms with van der Waals surface area (Å²) in [6.07, 6.45) is 0. The van der Waals surface area contributed by atoms with Crippen LogP contribution in [-0.2, 0) is 0 Å². The quantitative estimate of drug-likeness (QED) is 0.552. The number of hydrogen-bond acceptors (Lipinski definition) is 4. The lowest BCUT2D eigenvalue weighted by Crippen LogP contribution is -2.03. The first-order valence-corrected chi connectivity index (χ1v) is 5.76. The van der Waals surface area contributed by atoms with Crippen molar-refractivity contribution in [3.05, 3.63) is 63.9 Å². The fourth-order valence-electron chi connectivity index (χ4n) is 2.00. The molecule has 2 aromatic carbocycles. The van der Waals surface area contributed by atoms with E-state index in [1.807, 2.05) is 0 Å². The van der Waals surface area contributed by atoms with Gasteiger partial charge in [-0.2, -0.15) is 0 Å². The van der Waals surface area contributed by atoms with Gasteiger partial charge < -0.3 is 10.2 Å². The summed E-state index contributed by atoms with van der Waals surface area (Å²) in [4.78, 5) is 25.8. The Kier molecular flexibility index (Phi) is 2.64. The van der Waals surface area contributed by atoms with Gasteiger partial charge in [0, 0.05) is 16.8 Å². The summed E-state index contributed by atoms with van der Waals surface area (Å²) >= 11 is 0. The van der Waals surface area contributed by atoms with E-state index in [2.05, 4.69) is 4.98 Å². The van der Waals surface area contributed by atoms with Crippen LogP contribution in [-0.4, -0.2) is 10.8 Å². The molecule has 0 atom stereocenters. The van der Waals surface area contributed by atoms with Crippen molar-refractivity contribution in [3.63, 3.8) is 0 Å². The number of benzene rings is 2. The van der Waals surface area contributed by atoms with Crippen LogP contribution in [0.1, 0.15) is 15.9 Å². The van der Waals surface area contributed by atoms with Crippen molar-refractivity contribution in [3.8, 4) is 0 Å². The Bertz CT molecular complexity index is 859. The lowest BCUT2D eigenvalue weighted by molar-refractivity contribution is 0.103. The number of hydrogen-bond donors (Lipinski definition) is 2. The first-order chi connectivity index (χ1) is 9.52. The minimum atomic E-state index is -0.598. The first-order valence-electron chi connectivity index (χ1n) is 5.76. The zero-order valence-electron chi connectivity index (χ0n) is 10.1. The summed E-state index contributed by atoms with van der Waals surface area (Å²) in [6, 6.07) is 8.13. The molecule has 1 aromatic heterocycles. The Labute approximate surface area is 111 Å². The molecule has 3 N–H and O–H groups in total. The molecular weight excluding hydrogens is 263 g/mol. The van der Waals surface area contributed by atoms with Gasteiger partial charge in [0.2, 0.25) is 0 Å². The summed E-state index contributed by atoms with van der Waals surface area (Å²) < 4.78 is 18.1. The van der Waals surface area contributed by atoms with Crippen molar-refractivity contribution in [1.29, 1.82) is 0 Å². The predicted octanol–water partition coefficient (Wildman–Crippen LogP) is 2.07. The van der Waals surface area contributed by atoms with E-state index in [1.165, 1.54) is 18.2 Å². The second kappa shape index (κ2) is 4.34. The monoisotopic (exact) mass is 272 g/mol. The van der Waals surface area contributed by atoms with Crippen LogP contribution < -0.4 is 11.5 Å². The number of nitrogen functional groups attached to an aromatic ring is 1. The minimum absolute atomic E-state index is 0.139. The fraction of sp³-hybridized carbons (Fsp3) is 0. The Morgan fingerprint density at radius 1 is 1.15 bits per heavy atom. The van der Waals surface area contributed by atoms with Crippen LogP contribution in [0.5, 0.6) is 0 Å². The molecule has 3 aromatic rings. The zero-order chi connectivity index (χ0) is 14.3. The van der Waals surface area contributed by atoms with E-state index in [-0.39, 0.29) is 22.4 Å². The summed E-state index contributed by atoms with van der Waals surface area (Å²) in [6.45, 7) is 0. The van der Waals surface area contributed by atoms with E-state index in [0.717, 1.165) is 12.1 Å². The predicted molar refractivity (Wildman–Crippen MR) is 71.1 cm³/mol. The van der Waals surface area contributed by atoms with Gasteiger partial charge in [-0.3, -0.25) is 9.78 Å². The van der Waals surface area contributed by atoms with Crippen molar-refractivity contribution < 1.29 is 13.6 Å². The summed E-state index contributed by atoms with van der Waals surface area (Å²) in [5, 5.41) is 0. The van der Waals surface area contributed by atoms with Gasteiger partial charge >= 0.3 is 5.76 Å². The molecular formula is C14H9FN2O3. The number of anilines is 1. The van der Waals surface area contributed by atoms with E-state index < -0.39 is 17.4 Å². The van der Waals surface area contributed by atoms with Gasteiger partial charge in [-0.25, -0.2) is 9.18 Å². The molecule has 1 heterocycles. The number of halogens is 1. The van der Waals surface area contributed by atoms with Crippen LogP contribution in [0.2, 0.25) is 0 Å². The molecule has 0 aliphatic carbocycles. The Hall–Kier alpha value is -2.89. The van der Waals surface area contributed by atoms with E-state index in [0.29, 0.717) is 5.52 Å². The maximum absolute atomic E-state index is 13.3. The summed E-state index contributed by atoms with van der Waals surface area (Å²) in [7, 11) is 0. The van der Waals surface area contributed by atoms with Crippen LogP contribution in [0.25, 0.3) is 11.1 Å². The van der Waals surface area contributed by atoms with Gasteiger partial charge in [0.25, 0.3) is 0 Å². The molecule has 5 nitrogen and oxygen atoms in total. The van der Waals surface area contributed by atoms with Gasteiger partial charge in [-0.05, 0) is 36.4 Å². The molecule has 0 aliphatic rings. The molecule has 0 aliphatic heterocycles. The van der Waals surface area contributed by atoms with Gasteiger partial charge in [0.05, 0.1) is 5.52 Å². The number of rotatable bonds is 2. The van der Waals surface area contributed by atoms with Crippen LogP contribution in [0.3, 0.4) is 0 Å². The van der Waals surface area contributed by atoms with Gasteiger partial charge in [0.1, 0.15) is 5.82 Å². The van der Waals surface area contributed by atoms with Crippen molar-refractivity contribution >= 4 is 22.6 Å². The first kappa shape index (κ1) is 12.2. The fourth-order valence-corrected chi connectivity index (χ4v) is 2.00. The average molecular weight is 272 g/mol. The summed E-state index contributed by atoms with van der Waals surface area (Å²) in [5.41, 5.74) is 6.86. The molecule has 100 valence electrons. The third kappa shape index (κ3) is 2.07. The molecule has 20 heavy (non-hydrogen) atoms. The number of fused-ring (bicyclic) bond motifs is 1. The smallest absolute Gasteiger partial charge is 0.408 e. The van der Waals surface area contributed by atoms with Gasteiger partial charge in [0.15, 0.2) is 11.4 Å². The number of carbonyl (C=O) groups is 1. The molecule has 0 spiro atoms. The SMILES string of the molecule is Nc1cc(F)cc(C(=O)c2ccc3[nH]c(=O)oc3c2)c1. The lowest BCUT2D eigenvalue weighted by Gasteiger charge is -2.03. The van der Waals surface area contributed by atoms with E-state index in [9.17, 15) is 14.0 Å². The third-order valence-electron chi connectivity index (χ3n) is 2.87. The summed E-state index contributed by atoms with van der Waals surface area (Å²) in [5.74, 6) is -1.58. The molecule has 0 unspecified atom stereocenters.